The molecule has 0 radical (unpaired) electrons. The average Bonchev–Trinajstić information content (AvgIpc) is 3.26. The van der Waals surface area contributed by atoms with Gasteiger partial charge in [0, 0.05) is 42.0 Å². The highest BCUT2D eigenvalue weighted by molar-refractivity contribution is 7.11. The Morgan fingerprint density at radius 1 is 1.31 bits per heavy atom. The molecule has 1 aromatic rings. The number of carbonyl (C=O) groups is 1. The van der Waals surface area contributed by atoms with Gasteiger partial charge in [0.15, 0.2) is 0 Å². The summed E-state index contributed by atoms with van der Waals surface area (Å²) in [6.07, 6.45) is 4.51. The molecule has 2 aliphatic rings. The molecule has 2 saturated heterocycles. The summed E-state index contributed by atoms with van der Waals surface area (Å²) in [5, 5.41) is 6.58. The summed E-state index contributed by atoms with van der Waals surface area (Å²) >= 11 is 1.86. The van der Waals surface area contributed by atoms with Gasteiger partial charge in [-0.25, -0.2) is 0 Å². The zero-order valence-corrected chi connectivity index (χ0v) is 17.3. The van der Waals surface area contributed by atoms with E-state index < -0.39 is 0 Å². The Kier molecular flexibility index (Phi) is 7.09. The fraction of sp³-hybridized carbons (Fsp3) is 0.750. The second kappa shape index (κ2) is 9.31. The maximum absolute atomic E-state index is 12.5. The van der Waals surface area contributed by atoms with Crippen molar-refractivity contribution in [2.75, 3.05) is 33.2 Å². The van der Waals surface area contributed by atoms with Gasteiger partial charge in [0.1, 0.15) is 0 Å². The van der Waals surface area contributed by atoms with Crippen molar-refractivity contribution in [3.05, 3.63) is 21.9 Å². The van der Waals surface area contributed by atoms with Gasteiger partial charge in [0.25, 0.3) is 0 Å². The first-order valence-corrected chi connectivity index (χ1v) is 10.9. The number of amides is 1. The summed E-state index contributed by atoms with van der Waals surface area (Å²) < 4.78 is 0. The molecule has 6 heteroatoms. The van der Waals surface area contributed by atoms with Crippen LogP contribution in [0.3, 0.4) is 0 Å². The first-order valence-electron chi connectivity index (χ1n) is 10.1. The van der Waals surface area contributed by atoms with Gasteiger partial charge in [-0.3, -0.25) is 9.69 Å². The van der Waals surface area contributed by atoms with E-state index in [1.54, 1.807) is 7.05 Å². The number of thiophene rings is 1. The third-order valence-corrected chi connectivity index (χ3v) is 6.82. The van der Waals surface area contributed by atoms with Crippen LogP contribution < -0.4 is 10.6 Å². The molecule has 2 atom stereocenters. The smallest absolute Gasteiger partial charge is 0.237 e. The molecule has 3 rings (SSSR count). The van der Waals surface area contributed by atoms with Gasteiger partial charge >= 0.3 is 0 Å². The summed E-state index contributed by atoms with van der Waals surface area (Å²) in [6.45, 7) is 9.84. The fourth-order valence-electron chi connectivity index (χ4n) is 4.45. The number of hydrogen-bond donors (Lipinski definition) is 2. The zero-order chi connectivity index (χ0) is 18.5. The number of piperidine rings is 1. The third kappa shape index (κ3) is 4.85. The molecule has 26 heavy (non-hydrogen) atoms. The topological polar surface area (TPSA) is 47.6 Å². The Morgan fingerprint density at radius 3 is 2.69 bits per heavy atom. The maximum Gasteiger partial charge on any atom is 0.237 e. The molecule has 0 aromatic carbocycles. The molecule has 5 nitrogen and oxygen atoms in total. The van der Waals surface area contributed by atoms with Gasteiger partial charge in [0.05, 0.1) is 6.04 Å². The number of carbonyl (C=O) groups excluding carboxylic acids is 1. The van der Waals surface area contributed by atoms with Gasteiger partial charge in [-0.2, -0.15) is 0 Å². The Hall–Kier alpha value is -0.950. The molecule has 0 spiro atoms. The number of nitrogens with one attached hydrogen (secondary N) is 2. The van der Waals surface area contributed by atoms with E-state index in [0.29, 0.717) is 12.1 Å². The summed E-state index contributed by atoms with van der Waals surface area (Å²) in [5.41, 5.74) is 0. The second-order valence-electron chi connectivity index (χ2n) is 7.73. The predicted molar refractivity (Wildman–Crippen MR) is 109 cm³/mol. The number of likely N-dealkylation sites (tertiary alicyclic amines) is 2. The molecule has 0 saturated carbocycles. The van der Waals surface area contributed by atoms with Crippen molar-refractivity contribution in [1.29, 1.82) is 0 Å². The summed E-state index contributed by atoms with van der Waals surface area (Å²) in [4.78, 5) is 20.3. The Labute approximate surface area is 162 Å². The summed E-state index contributed by atoms with van der Waals surface area (Å²) in [6, 6.07) is 5.35. The van der Waals surface area contributed by atoms with Crippen molar-refractivity contribution >= 4 is 17.2 Å². The van der Waals surface area contributed by atoms with Crippen LogP contribution in [-0.4, -0.2) is 67.1 Å². The third-order valence-electron chi connectivity index (χ3n) is 5.82. The molecular weight excluding hydrogens is 344 g/mol. The lowest BCUT2D eigenvalue weighted by Crippen LogP contribution is -2.51. The zero-order valence-electron chi connectivity index (χ0n) is 16.5. The van der Waals surface area contributed by atoms with Crippen molar-refractivity contribution in [1.82, 2.24) is 20.4 Å². The van der Waals surface area contributed by atoms with E-state index in [0.717, 1.165) is 19.5 Å². The van der Waals surface area contributed by atoms with Gasteiger partial charge in [-0.15, -0.1) is 11.3 Å². The van der Waals surface area contributed by atoms with Gasteiger partial charge < -0.3 is 15.5 Å². The number of rotatable bonds is 7. The van der Waals surface area contributed by atoms with Crippen LogP contribution in [-0.2, 0) is 11.3 Å². The molecule has 0 unspecified atom stereocenters. The molecule has 2 N–H and O–H groups in total. The van der Waals surface area contributed by atoms with Crippen LogP contribution in [0.25, 0.3) is 0 Å². The van der Waals surface area contributed by atoms with E-state index in [1.807, 2.05) is 11.3 Å². The van der Waals surface area contributed by atoms with Crippen LogP contribution in [0.4, 0.5) is 0 Å². The summed E-state index contributed by atoms with van der Waals surface area (Å²) in [5.74, 6) is 0.178. The lowest BCUT2D eigenvalue weighted by atomic mass is 10.0. The lowest BCUT2D eigenvalue weighted by molar-refractivity contribution is -0.126. The summed E-state index contributed by atoms with van der Waals surface area (Å²) in [7, 11) is 1.76. The Morgan fingerprint density at radius 2 is 2.08 bits per heavy atom. The fourth-order valence-corrected chi connectivity index (χ4v) is 5.29. The highest BCUT2D eigenvalue weighted by Crippen LogP contribution is 2.27. The minimum absolute atomic E-state index is 0.0188. The first-order chi connectivity index (χ1) is 12.6. The quantitative estimate of drug-likeness (QED) is 0.764. The van der Waals surface area contributed by atoms with E-state index in [4.69, 9.17) is 0 Å². The normalized spacial score (nSPS) is 25.7. The van der Waals surface area contributed by atoms with Gasteiger partial charge in [-0.05, 0) is 64.4 Å². The molecule has 1 amide bonds. The highest BCUT2D eigenvalue weighted by atomic mass is 32.1. The molecule has 1 aromatic heterocycles. The van der Waals surface area contributed by atoms with Crippen molar-refractivity contribution in [2.45, 2.75) is 64.2 Å². The van der Waals surface area contributed by atoms with E-state index in [1.165, 1.54) is 48.7 Å². The van der Waals surface area contributed by atoms with Gasteiger partial charge in [-0.1, -0.05) is 6.92 Å². The van der Waals surface area contributed by atoms with Crippen molar-refractivity contribution < 1.29 is 4.79 Å². The van der Waals surface area contributed by atoms with Crippen LogP contribution >= 0.6 is 11.3 Å². The second-order valence-corrected chi connectivity index (χ2v) is 9.10. The van der Waals surface area contributed by atoms with Crippen LogP contribution in [0.15, 0.2) is 12.1 Å². The lowest BCUT2D eigenvalue weighted by Gasteiger charge is -2.38. The van der Waals surface area contributed by atoms with Gasteiger partial charge in [0.2, 0.25) is 5.91 Å². The predicted octanol–water partition coefficient (Wildman–Crippen LogP) is 2.21. The molecule has 0 aliphatic carbocycles. The monoisotopic (exact) mass is 378 g/mol. The van der Waals surface area contributed by atoms with Crippen LogP contribution in [0.2, 0.25) is 0 Å². The Balaban J connectivity index is 1.57. The van der Waals surface area contributed by atoms with Crippen molar-refractivity contribution in [3.63, 3.8) is 0 Å². The number of likely N-dealkylation sites (N-methyl/N-ethyl adjacent to an activating group) is 1. The van der Waals surface area contributed by atoms with E-state index in [-0.39, 0.29) is 11.9 Å². The van der Waals surface area contributed by atoms with Crippen LogP contribution in [0.1, 0.15) is 42.4 Å². The standard InChI is InChI=1S/C20H34N4OS/c1-4-9-23-10-7-17(8-11-23)24-14-16(12-19(24)20(25)21-3)22-13-18-6-5-15(2)26-18/h5-6,16-17,19,22H,4,7-14H2,1-3H3,(H,21,25)/t16-,19+/m1/s1. The average molecular weight is 379 g/mol. The minimum Gasteiger partial charge on any atom is -0.358 e. The van der Waals surface area contributed by atoms with E-state index >= 15 is 0 Å². The number of hydrogen-bond acceptors (Lipinski definition) is 5. The van der Waals surface area contributed by atoms with E-state index in [9.17, 15) is 4.79 Å². The first kappa shape index (κ1) is 19.8. The van der Waals surface area contributed by atoms with Crippen molar-refractivity contribution in [3.8, 4) is 0 Å². The molecule has 146 valence electrons. The highest BCUT2D eigenvalue weighted by Gasteiger charge is 2.40. The molecular formula is C20H34N4OS. The maximum atomic E-state index is 12.5. The number of aryl methyl sites for hydroxylation is 1. The Bertz CT molecular complexity index is 582. The molecule has 2 aliphatic heterocycles. The molecule has 2 fully saturated rings. The van der Waals surface area contributed by atoms with Crippen molar-refractivity contribution in [2.24, 2.45) is 0 Å². The molecule has 0 bridgehead atoms. The van der Waals surface area contributed by atoms with E-state index in [2.05, 4.69) is 46.4 Å². The number of nitrogens with zero attached hydrogens (tertiary/aromatic N) is 2. The van der Waals surface area contributed by atoms with Crippen LogP contribution in [0.5, 0.6) is 0 Å². The largest absolute Gasteiger partial charge is 0.358 e. The minimum atomic E-state index is 0.0188. The molecule has 3 heterocycles. The SMILES string of the molecule is CCCN1CCC(N2C[C@H](NCc3ccc(C)s3)C[C@H]2C(=O)NC)CC1. The van der Waals surface area contributed by atoms with Crippen LogP contribution in [0, 0.1) is 6.92 Å².